The lowest BCUT2D eigenvalue weighted by molar-refractivity contribution is -0.132. The fraction of sp³-hybridized carbons (Fsp3) is 0.526. The smallest absolute Gasteiger partial charge is 0.409 e. The van der Waals surface area contributed by atoms with Crippen molar-refractivity contribution in [3.63, 3.8) is 0 Å². The van der Waals surface area contributed by atoms with E-state index in [9.17, 15) is 14.4 Å². The topological polar surface area (TPSA) is 79.4 Å². The van der Waals surface area contributed by atoms with Gasteiger partial charge in [0.1, 0.15) is 12.3 Å². The Bertz CT molecular complexity index is 671. The molecule has 0 aromatic heterocycles. The molecule has 8 nitrogen and oxygen atoms in total. The van der Waals surface area contributed by atoms with E-state index in [1.807, 2.05) is 13.0 Å². The highest BCUT2D eigenvalue weighted by Crippen LogP contribution is 2.28. The number of benzene rings is 1. The van der Waals surface area contributed by atoms with Crippen LogP contribution in [-0.2, 0) is 14.3 Å². The Morgan fingerprint density at radius 1 is 1.00 bits per heavy atom. The molecule has 0 N–H and O–H groups in total. The molecule has 0 saturated carbocycles. The van der Waals surface area contributed by atoms with Gasteiger partial charge in [0.2, 0.25) is 11.8 Å². The van der Waals surface area contributed by atoms with Crippen LogP contribution in [0.25, 0.3) is 0 Å². The molecule has 0 aliphatic carbocycles. The van der Waals surface area contributed by atoms with E-state index in [0.717, 1.165) is 0 Å². The van der Waals surface area contributed by atoms with Gasteiger partial charge in [0.05, 0.1) is 18.9 Å². The average Bonchev–Trinajstić information content (AvgIpc) is 2.67. The minimum atomic E-state index is -0.361. The average molecular weight is 377 g/mol. The molecule has 1 aliphatic heterocycles. The van der Waals surface area contributed by atoms with Crippen molar-refractivity contribution >= 4 is 23.6 Å². The van der Waals surface area contributed by atoms with Gasteiger partial charge in [-0.15, -0.1) is 0 Å². The summed E-state index contributed by atoms with van der Waals surface area (Å²) < 4.78 is 10.6. The molecule has 0 radical (unpaired) electrons. The highest BCUT2D eigenvalue weighted by Gasteiger charge is 2.27. The zero-order valence-corrected chi connectivity index (χ0v) is 16.1. The van der Waals surface area contributed by atoms with Gasteiger partial charge in [-0.1, -0.05) is 12.1 Å². The van der Waals surface area contributed by atoms with E-state index < -0.39 is 0 Å². The highest BCUT2D eigenvalue weighted by molar-refractivity contribution is 5.98. The quantitative estimate of drug-likeness (QED) is 0.754. The number of hydrogen-bond acceptors (Lipinski definition) is 5. The van der Waals surface area contributed by atoms with E-state index in [4.69, 9.17) is 9.47 Å². The molecule has 0 atom stereocenters. The van der Waals surface area contributed by atoms with Crippen LogP contribution in [0.15, 0.2) is 24.3 Å². The van der Waals surface area contributed by atoms with Crippen molar-refractivity contribution in [2.24, 2.45) is 0 Å². The first-order valence-corrected chi connectivity index (χ1v) is 9.17. The van der Waals surface area contributed by atoms with Crippen LogP contribution in [0, 0.1) is 0 Å². The third kappa shape index (κ3) is 5.35. The van der Waals surface area contributed by atoms with Gasteiger partial charge < -0.3 is 19.3 Å². The molecule has 148 valence electrons. The maximum atomic E-state index is 12.7. The third-order valence-corrected chi connectivity index (χ3v) is 4.29. The van der Waals surface area contributed by atoms with Crippen molar-refractivity contribution in [3.05, 3.63) is 24.3 Å². The van der Waals surface area contributed by atoms with Gasteiger partial charge in [-0.25, -0.2) is 4.79 Å². The molecule has 27 heavy (non-hydrogen) atoms. The minimum Gasteiger partial charge on any atom is -0.492 e. The largest absolute Gasteiger partial charge is 0.492 e. The Morgan fingerprint density at radius 3 is 2.22 bits per heavy atom. The normalized spacial score (nSPS) is 13.9. The molecule has 1 heterocycles. The van der Waals surface area contributed by atoms with Crippen LogP contribution in [0.2, 0.25) is 0 Å². The van der Waals surface area contributed by atoms with E-state index in [0.29, 0.717) is 50.8 Å². The summed E-state index contributed by atoms with van der Waals surface area (Å²) >= 11 is 0. The van der Waals surface area contributed by atoms with E-state index in [1.54, 1.807) is 34.9 Å². The van der Waals surface area contributed by atoms with Crippen LogP contribution in [0.1, 0.15) is 20.8 Å². The SMILES string of the molecule is CCOC(=O)N1CCN(C(=O)CN(C(C)=O)c2ccccc2OCC)CC1. The number of hydrogen-bond donors (Lipinski definition) is 0. The monoisotopic (exact) mass is 377 g/mol. The fourth-order valence-electron chi connectivity index (χ4n) is 2.91. The van der Waals surface area contributed by atoms with Crippen molar-refractivity contribution in [3.8, 4) is 5.75 Å². The summed E-state index contributed by atoms with van der Waals surface area (Å²) in [6.45, 7) is 7.43. The van der Waals surface area contributed by atoms with Gasteiger partial charge in [0, 0.05) is 33.1 Å². The number of anilines is 1. The first kappa shape index (κ1) is 20.5. The number of rotatable bonds is 6. The van der Waals surface area contributed by atoms with E-state index in [1.165, 1.54) is 11.8 Å². The van der Waals surface area contributed by atoms with Crippen LogP contribution in [0.4, 0.5) is 10.5 Å². The third-order valence-electron chi connectivity index (χ3n) is 4.29. The molecule has 0 spiro atoms. The molecular weight excluding hydrogens is 350 g/mol. The number of carbonyl (C=O) groups is 3. The molecule has 0 unspecified atom stereocenters. The lowest BCUT2D eigenvalue weighted by atomic mass is 10.2. The lowest BCUT2D eigenvalue weighted by Gasteiger charge is -2.35. The fourth-order valence-corrected chi connectivity index (χ4v) is 2.91. The summed E-state index contributed by atoms with van der Waals surface area (Å²) in [6.07, 6.45) is -0.361. The van der Waals surface area contributed by atoms with E-state index >= 15 is 0 Å². The summed E-state index contributed by atoms with van der Waals surface area (Å²) in [7, 11) is 0. The summed E-state index contributed by atoms with van der Waals surface area (Å²) in [5, 5.41) is 0. The van der Waals surface area contributed by atoms with E-state index in [-0.39, 0.29) is 24.5 Å². The Morgan fingerprint density at radius 2 is 1.63 bits per heavy atom. The molecule has 2 rings (SSSR count). The molecule has 1 aliphatic rings. The van der Waals surface area contributed by atoms with Gasteiger partial charge >= 0.3 is 6.09 Å². The van der Waals surface area contributed by atoms with E-state index in [2.05, 4.69) is 0 Å². The number of ether oxygens (including phenoxy) is 2. The summed E-state index contributed by atoms with van der Waals surface area (Å²) in [4.78, 5) is 41.3. The van der Waals surface area contributed by atoms with Crippen LogP contribution in [-0.4, -0.2) is 73.6 Å². The molecule has 1 aromatic rings. The van der Waals surface area contributed by atoms with Gasteiger partial charge in [-0.3, -0.25) is 14.5 Å². The van der Waals surface area contributed by atoms with Crippen molar-refractivity contribution in [1.29, 1.82) is 0 Å². The molecule has 8 heteroatoms. The van der Waals surface area contributed by atoms with Gasteiger partial charge in [0.25, 0.3) is 0 Å². The maximum Gasteiger partial charge on any atom is 0.409 e. The standard InChI is InChI=1S/C19H27N3O5/c1-4-26-17-9-7-6-8-16(17)22(15(3)23)14-18(24)20-10-12-21(13-11-20)19(25)27-5-2/h6-9H,4-5,10-14H2,1-3H3. The summed E-state index contributed by atoms with van der Waals surface area (Å²) in [5.41, 5.74) is 0.574. The molecule has 1 aromatic carbocycles. The Labute approximate surface area is 159 Å². The van der Waals surface area contributed by atoms with Crippen LogP contribution in [0.3, 0.4) is 0 Å². The number of nitrogens with zero attached hydrogens (tertiary/aromatic N) is 3. The van der Waals surface area contributed by atoms with Gasteiger partial charge in [-0.2, -0.15) is 0 Å². The Hall–Kier alpha value is -2.77. The molecular formula is C19H27N3O5. The minimum absolute atomic E-state index is 0.0706. The summed E-state index contributed by atoms with van der Waals surface area (Å²) in [6, 6.07) is 7.16. The molecule has 1 saturated heterocycles. The molecule has 3 amide bonds. The number of para-hydroxylation sites is 2. The van der Waals surface area contributed by atoms with Crippen molar-refractivity contribution in [2.45, 2.75) is 20.8 Å². The lowest BCUT2D eigenvalue weighted by Crippen LogP contribution is -2.53. The van der Waals surface area contributed by atoms with Crippen LogP contribution < -0.4 is 9.64 Å². The molecule has 1 fully saturated rings. The maximum absolute atomic E-state index is 12.7. The second kappa shape index (κ2) is 9.80. The Balaban J connectivity index is 2.02. The second-order valence-electron chi connectivity index (χ2n) is 6.07. The number of piperazine rings is 1. The predicted octanol–water partition coefficient (Wildman–Crippen LogP) is 1.74. The second-order valence-corrected chi connectivity index (χ2v) is 6.07. The first-order chi connectivity index (χ1) is 13.0. The van der Waals surface area contributed by atoms with Crippen molar-refractivity contribution in [2.75, 3.05) is 50.8 Å². The van der Waals surface area contributed by atoms with Gasteiger partial charge in [-0.05, 0) is 26.0 Å². The number of carbonyl (C=O) groups excluding carboxylic acids is 3. The van der Waals surface area contributed by atoms with Gasteiger partial charge in [0.15, 0.2) is 0 Å². The highest BCUT2D eigenvalue weighted by atomic mass is 16.6. The zero-order chi connectivity index (χ0) is 19.8. The zero-order valence-electron chi connectivity index (χ0n) is 16.1. The first-order valence-electron chi connectivity index (χ1n) is 9.17. The van der Waals surface area contributed by atoms with Crippen LogP contribution >= 0.6 is 0 Å². The summed E-state index contributed by atoms with van der Waals surface area (Å²) in [5.74, 6) is 0.163. The molecule has 0 bridgehead atoms. The van der Waals surface area contributed by atoms with Crippen LogP contribution in [0.5, 0.6) is 5.75 Å². The van der Waals surface area contributed by atoms with Crippen molar-refractivity contribution < 1.29 is 23.9 Å². The Kier molecular flexibility index (Phi) is 7.45. The number of amides is 3. The predicted molar refractivity (Wildman–Crippen MR) is 101 cm³/mol. The van der Waals surface area contributed by atoms with Crippen molar-refractivity contribution in [1.82, 2.24) is 9.80 Å².